The van der Waals surface area contributed by atoms with E-state index in [0.29, 0.717) is 34.8 Å². The minimum Gasteiger partial charge on any atom is -0.493 e. The van der Waals surface area contributed by atoms with E-state index in [9.17, 15) is 4.79 Å². The Hall–Kier alpha value is -2.32. The van der Waals surface area contributed by atoms with Crippen LogP contribution in [0.4, 0.5) is 10.6 Å². The fraction of sp³-hybridized carbons (Fsp3) is 0.400. The quantitative estimate of drug-likeness (QED) is 0.521. The molecule has 0 spiro atoms. The van der Waals surface area contributed by atoms with Crippen LogP contribution in [0.3, 0.4) is 0 Å². The molecule has 0 saturated heterocycles. The van der Waals surface area contributed by atoms with Crippen molar-refractivity contribution in [1.82, 2.24) is 20.8 Å². The number of hydrazine groups is 1. The van der Waals surface area contributed by atoms with Gasteiger partial charge in [-0.15, -0.1) is 12.4 Å². The number of benzene rings is 1. The van der Waals surface area contributed by atoms with Crippen LogP contribution in [0.5, 0.6) is 11.5 Å². The highest BCUT2D eigenvalue weighted by molar-refractivity contribution is 5.99. The zero-order valence-corrected chi connectivity index (χ0v) is 14.7. The zero-order valence-electron chi connectivity index (χ0n) is 13.9. The van der Waals surface area contributed by atoms with Gasteiger partial charge in [0, 0.05) is 18.0 Å². The number of halogens is 1. The average Bonchev–Trinajstić information content (AvgIpc) is 2.57. The molecule has 0 atom stereocenters. The minimum absolute atomic E-state index is 0. The van der Waals surface area contributed by atoms with E-state index in [0.717, 1.165) is 12.8 Å². The Labute approximate surface area is 146 Å². The van der Waals surface area contributed by atoms with Gasteiger partial charge < -0.3 is 9.47 Å². The molecule has 0 aliphatic carbocycles. The zero-order chi connectivity index (χ0) is 16.7. The number of methoxy groups -OCH3 is 2. The summed E-state index contributed by atoms with van der Waals surface area (Å²) in [5, 5.41) is 3.35. The van der Waals surface area contributed by atoms with Crippen molar-refractivity contribution in [3.63, 3.8) is 0 Å². The smallest absolute Gasteiger partial charge is 0.334 e. The highest BCUT2D eigenvalue weighted by Crippen LogP contribution is 2.33. The summed E-state index contributed by atoms with van der Waals surface area (Å²) >= 11 is 0. The second-order valence-corrected chi connectivity index (χ2v) is 4.81. The normalized spacial score (nSPS) is 9.96. The van der Waals surface area contributed by atoms with Crippen molar-refractivity contribution in [2.45, 2.75) is 19.8 Å². The highest BCUT2D eigenvalue weighted by Gasteiger charge is 2.12. The van der Waals surface area contributed by atoms with Gasteiger partial charge in [0.2, 0.25) is 0 Å². The van der Waals surface area contributed by atoms with Gasteiger partial charge in [0.15, 0.2) is 11.5 Å². The molecule has 2 aromatic rings. The molecular weight excluding hydrogens is 334 g/mol. The van der Waals surface area contributed by atoms with Crippen LogP contribution in [0, 0.1) is 0 Å². The van der Waals surface area contributed by atoms with Crippen molar-refractivity contribution in [2.24, 2.45) is 0 Å². The standard InChI is InChI=1S/C15H21N5O3.ClH/c1-4-5-6-18-20-15(21)19-14-10-7-12(22-2)13(23-3)8-11(10)16-9-17-14;/h7-9,18H,4-6H2,1-3H3,(H2,16,17,19,20,21);1H. The first-order valence-electron chi connectivity index (χ1n) is 7.36. The molecule has 3 N–H and O–H groups in total. The first-order chi connectivity index (χ1) is 11.2. The van der Waals surface area contributed by atoms with Crippen LogP contribution in [0.1, 0.15) is 19.8 Å². The second-order valence-electron chi connectivity index (χ2n) is 4.81. The summed E-state index contributed by atoms with van der Waals surface area (Å²) in [6, 6.07) is 3.07. The lowest BCUT2D eigenvalue weighted by Gasteiger charge is -2.12. The van der Waals surface area contributed by atoms with Crippen molar-refractivity contribution in [3.8, 4) is 11.5 Å². The number of amides is 2. The van der Waals surface area contributed by atoms with Gasteiger partial charge in [-0.2, -0.15) is 0 Å². The van der Waals surface area contributed by atoms with E-state index in [1.165, 1.54) is 6.33 Å². The molecule has 24 heavy (non-hydrogen) atoms. The van der Waals surface area contributed by atoms with Gasteiger partial charge in [0.05, 0.1) is 19.7 Å². The van der Waals surface area contributed by atoms with E-state index in [1.54, 1.807) is 26.4 Å². The van der Waals surface area contributed by atoms with Crippen LogP contribution in [-0.2, 0) is 0 Å². The van der Waals surface area contributed by atoms with E-state index in [4.69, 9.17) is 9.47 Å². The van der Waals surface area contributed by atoms with E-state index in [1.807, 2.05) is 0 Å². The predicted molar refractivity (Wildman–Crippen MR) is 95.0 cm³/mol. The summed E-state index contributed by atoms with van der Waals surface area (Å²) in [7, 11) is 3.10. The monoisotopic (exact) mass is 355 g/mol. The summed E-state index contributed by atoms with van der Waals surface area (Å²) in [5.74, 6) is 1.50. The third-order valence-electron chi connectivity index (χ3n) is 3.23. The maximum Gasteiger partial charge on any atom is 0.334 e. The van der Waals surface area contributed by atoms with Gasteiger partial charge in [-0.1, -0.05) is 13.3 Å². The number of unbranched alkanes of at least 4 members (excludes halogenated alkanes) is 1. The molecule has 2 rings (SSSR count). The molecule has 1 aromatic carbocycles. The first kappa shape index (κ1) is 19.7. The minimum atomic E-state index is -0.393. The fourth-order valence-corrected chi connectivity index (χ4v) is 2.03. The Morgan fingerprint density at radius 1 is 1.17 bits per heavy atom. The lowest BCUT2D eigenvalue weighted by atomic mass is 10.2. The molecule has 0 bridgehead atoms. The molecule has 1 aromatic heterocycles. The summed E-state index contributed by atoms with van der Waals surface area (Å²) < 4.78 is 10.5. The molecule has 0 saturated carbocycles. The topological polar surface area (TPSA) is 97.4 Å². The summed E-state index contributed by atoms with van der Waals surface area (Å²) in [6.45, 7) is 2.79. The molecular formula is C15H22ClN5O3. The van der Waals surface area contributed by atoms with Crippen molar-refractivity contribution < 1.29 is 14.3 Å². The average molecular weight is 356 g/mol. The van der Waals surface area contributed by atoms with Gasteiger partial charge in [0.1, 0.15) is 12.1 Å². The van der Waals surface area contributed by atoms with E-state index in [2.05, 4.69) is 33.1 Å². The van der Waals surface area contributed by atoms with Gasteiger partial charge in [0.25, 0.3) is 0 Å². The number of fused-ring (bicyclic) bond motifs is 1. The Morgan fingerprint density at radius 2 is 1.88 bits per heavy atom. The van der Waals surface area contributed by atoms with Crippen molar-refractivity contribution in [3.05, 3.63) is 18.5 Å². The summed E-state index contributed by atoms with van der Waals surface area (Å²) in [6.07, 6.45) is 3.41. The van der Waals surface area contributed by atoms with Crippen LogP contribution in [0.25, 0.3) is 10.9 Å². The number of nitrogens with one attached hydrogen (secondary N) is 3. The van der Waals surface area contributed by atoms with Crippen LogP contribution in [-0.4, -0.2) is 36.8 Å². The molecule has 9 heteroatoms. The molecule has 8 nitrogen and oxygen atoms in total. The summed E-state index contributed by atoms with van der Waals surface area (Å²) in [4.78, 5) is 20.2. The van der Waals surface area contributed by atoms with E-state index < -0.39 is 6.03 Å². The first-order valence-corrected chi connectivity index (χ1v) is 7.36. The van der Waals surface area contributed by atoms with Crippen molar-refractivity contribution >= 4 is 35.2 Å². The molecule has 2 amide bonds. The number of ether oxygens (including phenoxy) is 2. The Bertz CT molecular complexity index is 683. The summed E-state index contributed by atoms with van der Waals surface area (Å²) in [5.41, 5.74) is 6.06. The molecule has 0 radical (unpaired) electrons. The number of carbonyl (C=O) groups is 1. The number of aromatic nitrogens is 2. The lowest BCUT2D eigenvalue weighted by molar-refractivity contribution is 0.248. The van der Waals surface area contributed by atoms with E-state index >= 15 is 0 Å². The molecule has 0 aliphatic rings. The molecule has 0 aliphatic heterocycles. The van der Waals surface area contributed by atoms with E-state index in [-0.39, 0.29) is 12.4 Å². The molecule has 0 fully saturated rings. The van der Waals surface area contributed by atoms with Crippen LogP contribution in [0.2, 0.25) is 0 Å². The number of urea groups is 1. The van der Waals surface area contributed by atoms with Crippen molar-refractivity contribution in [2.75, 3.05) is 26.1 Å². The molecule has 132 valence electrons. The lowest BCUT2D eigenvalue weighted by Crippen LogP contribution is -2.40. The van der Waals surface area contributed by atoms with Crippen LogP contribution in [0.15, 0.2) is 18.5 Å². The van der Waals surface area contributed by atoms with Crippen LogP contribution < -0.4 is 25.6 Å². The predicted octanol–water partition coefficient (Wildman–Crippen LogP) is 2.50. The van der Waals surface area contributed by atoms with Gasteiger partial charge in [-0.3, -0.25) is 10.7 Å². The fourth-order valence-electron chi connectivity index (χ4n) is 2.03. The van der Waals surface area contributed by atoms with Gasteiger partial charge in [-0.25, -0.2) is 20.2 Å². The van der Waals surface area contributed by atoms with Gasteiger partial charge in [-0.05, 0) is 12.5 Å². The van der Waals surface area contributed by atoms with Crippen LogP contribution >= 0.6 is 12.4 Å². The number of rotatable bonds is 7. The highest BCUT2D eigenvalue weighted by atomic mass is 35.5. The number of hydrogen-bond acceptors (Lipinski definition) is 6. The maximum absolute atomic E-state index is 11.9. The Kier molecular flexibility index (Phi) is 8.00. The Morgan fingerprint density at radius 3 is 2.54 bits per heavy atom. The third kappa shape index (κ3) is 4.84. The SMILES string of the molecule is CCCCNNC(=O)Nc1ncnc2cc(OC)c(OC)cc12.Cl. The third-order valence-corrected chi connectivity index (χ3v) is 3.23. The number of hydrogen-bond donors (Lipinski definition) is 3. The second kappa shape index (κ2) is 9.74. The number of anilines is 1. The van der Waals surface area contributed by atoms with Gasteiger partial charge >= 0.3 is 6.03 Å². The number of carbonyl (C=O) groups excluding carboxylic acids is 1. The largest absolute Gasteiger partial charge is 0.493 e. The van der Waals surface area contributed by atoms with Crippen molar-refractivity contribution in [1.29, 1.82) is 0 Å². The number of nitrogens with zero attached hydrogens (tertiary/aromatic N) is 2. The molecule has 0 unspecified atom stereocenters. The molecule has 1 heterocycles. The maximum atomic E-state index is 11.9. The Balaban J connectivity index is 0.00000288.